The van der Waals surface area contributed by atoms with Gasteiger partial charge in [0.15, 0.2) is 0 Å². The highest BCUT2D eigenvalue weighted by Crippen LogP contribution is 2.18. The molecule has 1 aliphatic rings. The van der Waals surface area contributed by atoms with Crippen molar-refractivity contribution in [3.8, 4) is 6.07 Å². The lowest BCUT2D eigenvalue weighted by Crippen LogP contribution is -2.37. The second kappa shape index (κ2) is 5.13. The van der Waals surface area contributed by atoms with Crippen molar-refractivity contribution < 1.29 is 5.11 Å². The molecule has 0 saturated carbocycles. The first-order valence-electron chi connectivity index (χ1n) is 4.57. The van der Waals surface area contributed by atoms with E-state index in [2.05, 4.69) is 11.0 Å². The van der Waals surface area contributed by atoms with Crippen LogP contribution in [0.3, 0.4) is 0 Å². The number of rotatable bonds is 3. The van der Waals surface area contributed by atoms with Crippen LogP contribution in [0.15, 0.2) is 0 Å². The van der Waals surface area contributed by atoms with Gasteiger partial charge in [0.25, 0.3) is 0 Å². The predicted octanol–water partition coefficient (Wildman–Crippen LogP) is 0.604. The molecule has 0 aromatic heterocycles. The highest BCUT2D eigenvalue weighted by Gasteiger charge is 2.18. The van der Waals surface area contributed by atoms with E-state index < -0.39 is 0 Å². The summed E-state index contributed by atoms with van der Waals surface area (Å²) in [7, 11) is 0. The minimum absolute atomic E-state index is 0.235. The van der Waals surface area contributed by atoms with Crippen molar-refractivity contribution >= 4 is 0 Å². The molecule has 1 N–H and O–H groups in total. The Hall–Kier alpha value is -0.590. The molecule has 68 valence electrons. The normalized spacial score (nSPS) is 25.2. The SMILES string of the molecule is N#CCC1CCCN(CCO)C1. The number of nitrogens with zero attached hydrogens (tertiary/aromatic N) is 2. The molecular weight excluding hydrogens is 152 g/mol. The van der Waals surface area contributed by atoms with Crippen molar-refractivity contribution in [2.75, 3.05) is 26.2 Å². The molecule has 1 fully saturated rings. The molecule has 1 aliphatic heterocycles. The molecule has 3 nitrogen and oxygen atoms in total. The number of hydrogen-bond donors (Lipinski definition) is 1. The molecule has 1 saturated heterocycles. The fraction of sp³-hybridized carbons (Fsp3) is 0.889. The molecule has 1 unspecified atom stereocenters. The van der Waals surface area contributed by atoms with E-state index in [4.69, 9.17) is 10.4 Å². The molecule has 3 heteroatoms. The Morgan fingerprint density at radius 3 is 3.08 bits per heavy atom. The average Bonchev–Trinajstić information content (AvgIpc) is 2.06. The minimum Gasteiger partial charge on any atom is -0.395 e. The maximum absolute atomic E-state index is 8.73. The Bertz CT molecular complexity index is 162. The Labute approximate surface area is 73.6 Å². The summed E-state index contributed by atoms with van der Waals surface area (Å²) >= 11 is 0. The zero-order chi connectivity index (χ0) is 8.81. The lowest BCUT2D eigenvalue weighted by Gasteiger charge is -2.30. The third-order valence-electron chi connectivity index (χ3n) is 2.40. The molecular formula is C9H16N2O. The van der Waals surface area contributed by atoms with Crippen molar-refractivity contribution in [2.45, 2.75) is 19.3 Å². The first kappa shape index (κ1) is 9.50. The highest BCUT2D eigenvalue weighted by molar-refractivity contribution is 4.81. The average molecular weight is 168 g/mol. The van der Waals surface area contributed by atoms with E-state index in [9.17, 15) is 0 Å². The van der Waals surface area contributed by atoms with Crippen LogP contribution in [0, 0.1) is 17.2 Å². The molecule has 0 aromatic rings. The van der Waals surface area contributed by atoms with Crippen LogP contribution in [0.4, 0.5) is 0 Å². The van der Waals surface area contributed by atoms with Gasteiger partial charge in [-0.3, -0.25) is 0 Å². The number of piperidine rings is 1. The summed E-state index contributed by atoms with van der Waals surface area (Å²) in [5.74, 6) is 0.537. The van der Waals surface area contributed by atoms with E-state index in [0.29, 0.717) is 12.3 Å². The number of aliphatic hydroxyl groups is 1. The maximum Gasteiger partial charge on any atom is 0.0625 e. The zero-order valence-corrected chi connectivity index (χ0v) is 7.37. The van der Waals surface area contributed by atoms with E-state index in [1.165, 1.54) is 12.8 Å². The quantitative estimate of drug-likeness (QED) is 0.671. The number of hydrogen-bond acceptors (Lipinski definition) is 3. The first-order valence-corrected chi connectivity index (χ1v) is 4.57. The third kappa shape index (κ3) is 2.80. The van der Waals surface area contributed by atoms with Gasteiger partial charge in [-0.05, 0) is 25.3 Å². The highest BCUT2D eigenvalue weighted by atomic mass is 16.3. The van der Waals surface area contributed by atoms with Crippen LogP contribution >= 0.6 is 0 Å². The van der Waals surface area contributed by atoms with Gasteiger partial charge in [0.05, 0.1) is 12.7 Å². The van der Waals surface area contributed by atoms with Crippen molar-refractivity contribution in [1.82, 2.24) is 4.90 Å². The summed E-state index contributed by atoms with van der Waals surface area (Å²) < 4.78 is 0. The predicted molar refractivity (Wildman–Crippen MR) is 46.5 cm³/mol. The molecule has 0 spiro atoms. The van der Waals surface area contributed by atoms with Gasteiger partial charge < -0.3 is 10.0 Å². The van der Waals surface area contributed by atoms with Gasteiger partial charge >= 0.3 is 0 Å². The van der Waals surface area contributed by atoms with E-state index >= 15 is 0 Å². The maximum atomic E-state index is 8.73. The fourth-order valence-electron chi connectivity index (χ4n) is 1.79. The molecule has 12 heavy (non-hydrogen) atoms. The summed E-state index contributed by atoms with van der Waals surface area (Å²) in [4.78, 5) is 2.24. The van der Waals surface area contributed by atoms with Crippen LogP contribution in [0.25, 0.3) is 0 Å². The second-order valence-electron chi connectivity index (χ2n) is 3.39. The van der Waals surface area contributed by atoms with E-state index in [0.717, 1.165) is 19.6 Å². The molecule has 1 rings (SSSR count). The standard InChI is InChI=1S/C9H16N2O/c10-4-3-9-2-1-5-11(8-9)6-7-12/h9,12H,1-3,5-8H2. The summed E-state index contributed by atoms with van der Waals surface area (Å²) in [5, 5.41) is 17.2. The van der Waals surface area contributed by atoms with Gasteiger partial charge in [-0.25, -0.2) is 0 Å². The summed E-state index contributed by atoms with van der Waals surface area (Å²) in [6.45, 7) is 3.08. The number of β-amino-alcohol motifs (C(OH)–C–C–N with tert-alkyl or cyclic N) is 1. The Kier molecular flexibility index (Phi) is 4.06. The van der Waals surface area contributed by atoms with Crippen molar-refractivity contribution in [3.63, 3.8) is 0 Å². The largest absolute Gasteiger partial charge is 0.395 e. The first-order chi connectivity index (χ1) is 5.86. The van der Waals surface area contributed by atoms with Gasteiger partial charge in [-0.2, -0.15) is 5.26 Å². The Morgan fingerprint density at radius 2 is 2.42 bits per heavy atom. The van der Waals surface area contributed by atoms with Gasteiger partial charge in [-0.15, -0.1) is 0 Å². The van der Waals surface area contributed by atoms with Gasteiger partial charge in [0.2, 0.25) is 0 Å². The van der Waals surface area contributed by atoms with E-state index in [-0.39, 0.29) is 6.61 Å². The lowest BCUT2D eigenvalue weighted by molar-refractivity contribution is 0.141. The fourth-order valence-corrected chi connectivity index (χ4v) is 1.79. The second-order valence-corrected chi connectivity index (χ2v) is 3.39. The van der Waals surface area contributed by atoms with Crippen molar-refractivity contribution in [2.24, 2.45) is 5.92 Å². The summed E-state index contributed by atoms with van der Waals surface area (Å²) in [6, 6.07) is 2.21. The third-order valence-corrected chi connectivity index (χ3v) is 2.40. The zero-order valence-electron chi connectivity index (χ0n) is 7.37. The van der Waals surface area contributed by atoms with Crippen LogP contribution in [0.1, 0.15) is 19.3 Å². The summed E-state index contributed by atoms with van der Waals surface area (Å²) in [6.07, 6.45) is 3.02. The molecule has 0 radical (unpaired) electrons. The molecule has 1 heterocycles. The van der Waals surface area contributed by atoms with Crippen LogP contribution in [0.2, 0.25) is 0 Å². The topological polar surface area (TPSA) is 47.3 Å². The lowest BCUT2D eigenvalue weighted by atomic mass is 9.95. The van der Waals surface area contributed by atoms with Crippen LogP contribution in [-0.4, -0.2) is 36.2 Å². The smallest absolute Gasteiger partial charge is 0.0625 e. The van der Waals surface area contributed by atoms with Crippen molar-refractivity contribution in [3.05, 3.63) is 0 Å². The molecule has 0 aromatic carbocycles. The molecule has 0 amide bonds. The van der Waals surface area contributed by atoms with Crippen molar-refractivity contribution in [1.29, 1.82) is 5.26 Å². The number of nitriles is 1. The van der Waals surface area contributed by atoms with Crippen LogP contribution in [0.5, 0.6) is 0 Å². The Balaban J connectivity index is 2.26. The van der Waals surface area contributed by atoms with Gasteiger partial charge in [-0.1, -0.05) is 0 Å². The van der Waals surface area contributed by atoms with Gasteiger partial charge in [0, 0.05) is 19.5 Å². The van der Waals surface area contributed by atoms with Crippen LogP contribution in [-0.2, 0) is 0 Å². The Morgan fingerprint density at radius 1 is 1.58 bits per heavy atom. The molecule has 1 atom stereocenters. The monoisotopic (exact) mass is 168 g/mol. The van der Waals surface area contributed by atoms with E-state index in [1.54, 1.807) is 0 Å². The number of likely N-dealkylation sites (tertiary alicyclic amines) is 1. The minimum atomic E-state index is 0.235. The molecule has 0 bridgehead atoms. The summed E-state index contributed by atoms with van der Waals surface area (Å²) in [5.41, 5.74) is 0. The van der Waals surface area contributed by atoms with Gasteiger partial charge in [0.1, 0.15) is 0 Å². The molecule has 0 aliphatic carbocycles. The van der Waals surface area contributed by atoms with Crippen LogP contribution < -0.4 is 0 Å². The van der Waals surface area contributed by atoms with E-state index in [1.807, 2.05) is 0 Å². The number of aliphatic hydroxyl groups excluding tert-OH is 1.